The lowest BCUT2D eigenvalue weighted by Gasteiger charge is -2.26. The Morgan fingerprint density at radius 2 is 1.90 bits per heavy atom. The minimum atomic E-state index is -0.206. The summed E-state index contributed by atoms with van der Waals surface area (Å²) in [6, 6.07) is 8.69. The molecule has 0 aliphatic heterocycles. The lowest BCUT2D eigenvalue weighted by atomic mass is 9.84. The summed E-state index contributed by atoms with van der Waals surface area (Å²) in [5, 5.41) is 3.37. The van der Waals surface area contributed by atoms with Crippen LogP contribution >= 0.6 is 15.9 Å². The Kier molecular flexibility index (Phi) is 4.43. The topological polar surface area (TPSA) is 24.9 Å². The molecule has 2 aromatic rings. The smallest absolute Gasteiger partial charge is 0.128 e. The van der Waals surface area contributed by atoms with E-state index < -0.39 is 0 Å². The van der Waals surface area contributed by atoms with Crippen molar-refractivity contribution >= 4 is 21.7 Å². The number of benzene rings is 1. The van der Waals surface area contributed by atoms with Crippen molar-refractivity contribution in [2.75, 3.05) is 11.9 Å². The van der Waals surface area contributed by atoms with Crippen LogP contribution < -0.4 is 5.32 Å². The van der Waals surface area contributed by atoms with Crippen LogP contribution in [0.3, 0.4) is 0 Å². The Labute approximate surface area is 127 Å². The average molecular weight is 337 g/mol. The van der Waals surface area contributed by atoms with Crippen molar-refractivity contribution in [1.29, 1.82) is 0 Å². The number of hydrogen-bond donors (Lipinski definition) is 1. The van der Waals surface area contributed by atoms with Gasteiger partial charge in [-0.15, -0.1) is 0 Å². The molecule has 0 fully saturated rings. The summed E-state index contributed by atoms with van der Waals surface area (Å²) < 4.78 is 14.0. The van der Waals surface area contributed by atoms with Crippen molar-refractivity contribution < 1.29 is 4.39 Å². The summed E-state index contributed by atoms with van der Waals surface area (Å²) in [5.74, 6) is 0.673. The third-order valence-electron chi connectivity index (χ3n) is 3.37. The lowest BCUT2D eigenvalue weighted by molar-refractivity contribution is 0.552. The zero-order valence-electron chi connectivity index (χ0n) is 11.9. The molecule has 0 unspecified atom stereocenters. The number of nitrogens with zero attached hydrogens (tertiary/aromatic N) is 1. The maximum atomic E-state index is 13.0. The van der Waals surface area contributed by atoms with Gasteiger partial charge in [-0.1, -0.05) is 26.0 Å². The Hall–Kier alpha value is -1.42. The Morgan fingerprint density at radius 1 is 1.25 bits per heavy atom. The van der Waals surface area contributed by atoms with Gasteiger partial charge in [0, 0.05) is 22.6 Å². The number of rotatable bonds is 4. The summed E-state index contributed by atoms with van der Waals surface area (Å²) >= 11 is 3.40. The molecule has 0 amide bonds. The molecule has 1 heterocycles. The molecule has 0 atom stereocenters. The molecule has 0 spiro atoms. The second-order valence-corrected chi connectivity index (χ2v) is 6.48. The Morgan fingerprint density at radius 3 is 2.50 bits per heavy atom. The van der Waals surface area contributed by atoms with Gasteiger partial charge in [0.2, 0.25) is 0 Å². The Balaban J connectivity index is 2.10. The van der Waals surface area contributed by atoms with Crippen molar-refractivity contribution in [3.05, 3.63) is 57.9 Å². The van der Waals surface area contributed by atoms with Crippen molar-refractivity contribution in [3.8, 4) is 0 Å². The molecule has 0 aliphatic carbocycles. The number of aromatic nitrogens is 1. The molecule has 106 valence electrons. The molecule has 0 saturated carbocycles. The fourth-order valence-electron chi connectivity index (χ4n) is 2.03. The molecule has 0 saturated heterocycles. The monoisotopic (exact) mass is 336 g/mol. The number of hydrogen-bond acceptors (Lipinski definition) is 2. The summed E-state index contributed by atoms with van der Waals surface area (Å²) in [7, 11) is 0. The van der Waals surface area contributed by atoms with Gasteiger partial charge in [0.15, 0.2) is 0 Å². The Bertz CT molecular complexity index is 594. The summed E-state index contributed by atoms with van der Waals surface area (Å²) in [4.78, 5) is 4.37. The molecule has 0 bridgehead atoms. The van der Waals surface area contributed by atoms with Crippen LogP contribution in [0.5, 0.6) is 0 Å². The van der Waals surface area contributed by atoms with Gasteiger partial charge in [-0.05, 0) is 52.2 Å². The van der Waals surface area contributed by atoms with Crippen LogP contribution in [0.1, 0.15) is 25.0 Å². The molecular formula is C16H18BrFN2. The number of nitrogens with one attached hydrogen (secondary N) is 1. The first kappa shape index (κ1) is 15.0. The summed E-state index contributed by atoms with van der Waals surface area (Å²) in [5.41, 5.74) is 2.09. The highest BCUT2D eigenvalue weighted by atomic mass is 79.9. The number of aryl methyl sites for hydroxylation is 1. The van der Waals surface area contributed by atoms with Crippen LogP contribution in [-0.2, 0) is 5.41 Å². The highest BCUT2D eigenvalue weighted by Gasteiger charge is 2.20. The highest BCUT2D eigenvalue weighted by Crippen LogP contribution is 2.25. The molecule has 2 rings (SSSR count). The van der Waals surface area contributed by atoms with E-state index in [4.69, 9.17) is 0 Å². The van der Waals surface area contributed by atoms with E-state index in [1.807, 2.05) is 25.1 Å². The minimum absolute atomic E-state index is 0.102. The van der Waals surface area contributed by atoms with E-state index in [0.717, 1.165) is 28.0 Å². The summed E-state index contributed by atoms with van der Waals surface area (Å²) in [6.45, 7) is 7.00. The second-order valence-electron chi connectivity index (χ2n) is 5.56. The second kappa shape index (κ2) is 5.92. The molecule has 1 aromatic heterocycles. The van der Waals surface area contributed by atoms with Gasteiger partial charge >= 0.3 is 0 Å². The maximum absolute atomic E-state index is 13.0. The van der Waals surface area contributed by atoms with E-state index in [0.29, 0.717) is 0 Å². The SMILES string of the molecule is Cc1cc(Br)cnc1NCC(C)(C)c1ccc(F)cc1. The third-order valence-corrected chi connectivity index (χ3v) is 3.80. The molecule has 0 aliphatic rings. The van der Waals surface area contributed by atoms with Gasteiger partial charge in [-0.3, -0.25) is 0 Å². The first-order valence-electron chi connectivity index (χ1n) is 6.50. The van der Waals surface area contributed by atoms with Gasteiger partial charge in [0.05, 0.1) is 0 Å². The normalized spacial score (nSPS) is 11.4. The molecule has 2 nitrogen and oxygen atoms in total. The number of halogens is 2. The van der Waals surface area contributed by atoms with Crippen molar-refractivity contribution in [2.45, 2.75) is 26.2 Å². The van der Waals surface area contributed by atoms with Crippen LogP contribution in [0.15, 0.2) is 41.0 Å². The van der Waals surface area contributed by atoms with Gasteiger partial charge in [-0.25, -0.2) is 9.37 Å². The van der Waals surface area contributed by atoms with Gasteiger partial charge < -0.3 is 5.32 Å². The minimum Gasteiger partial charge on any atom is -0.369 e. The molecule has 1 N–H and O–H groups in total. The first-order chi connectivity index (χ1) is 9.38. The molecule has 1 aromatic carbocycles. The zero-order chi connectivity index (χ0) is 14.8. The molecule has 0 radical (unpaired) electrons. The quantitative estimate of drug-likeness (QED) is 0.876. The van der Waals surface area contributed by atoms with Crippen molar-refractivity contribution in [3.63, 3.8) is 0 Å². The van der Waals surface area contributed by atoms with Crippen molar-refractivity contribution in [2.24, 2.45) is 0 Å². The third kappa shape index (κ3) is 3.57. The molecule has 4 heteroatoms. The van der Waals surface area contributed by atoms with E-state index in [1.54, 1.807) is 6.20 Å². The number of anilines is 1. The van der Waals surface area contributed by atoms with E-state index in [9.17, 15) is 4.39 Å². The average Bonchev–Trinajstić information content (AvgIpc) is 2.38. The fraction of sp³-hybridized carbons (Fsp3) is 0.312. The van der Waals surface area contributed by atoms with Gasteiger partial charge in [0.25, 0.3) is 0 Å². The molecular weight excluding hydrogens is 319 g/mol. The predicted molar refractivity (Wildman–Crippen MR) is 84.6 cm³/mol. The maximum Gasteiger partial charge on any atom is 0.128 e. The van der Waals surface area contributed by atoms with Crippen LogP contribution in [0.4, 0.5) is 10.2 Å². The van der Waals surface area contributed by atoms with Crippen LogP contribution in [0.2, 0.25) is 0 Å². The van der Waals surface area contributed by atoms with Crippen LogP contribution in [-0.4, -0.2) is 11.5 Å². The van der Waals surface area contributed by atoms with Crippen LogP contribution in [0, 0.1) is 12.7 Å². The van der Waals surface area contributed by atoms with Gasteiger partial charge in [-0.2, -0.15) is 0 Å². The standard InChI is InChI=1S/C16H18BrFN2/c1-11-8-13(17)9-19-15(11)20-10-16(2,3)12-4-6-14(18)7-5-12/h4-9H,10H2,1-3H3,(H,19,20). The lowest BCUT2D eigenvalue weighted by Crippen LogP contribution is -2.28. The van der Waals surface area contributed by atoms with E-state index in [-0.39, 0.29) is 11.2 Å². The fourth-order valence-corrected chi connectivity index (χ4v) is 2.48. The first-order valence-corrected chi connectivity index (χ1v) is 7.30. The predicted octanol–water partition coefficient (Wildman–Crippen LogP) is 4.68. The van der Waals surface area contributed by atoms with Crippen molar-refractivity contribution in [1.82, 2.24) is 4.98 Å². The van der Waals surface area contributed by atoms with Gasteiger partial charge in [0.1, 0.15) is 11.6 Å². The molecule has 20 heavy (non-hydrogen) atoms. The largest absolute Gasteiger partial charge is 0.369 e. The highest BCUT2D eigenvalue weighted by molar-refractivity contribution is 9.10. The number of pyridine rings is 1. The zero-order valence-corrected chi connectivity index (χ0v) is 13.5. The summed E-state index contributed by atoms with van der Waals surface area (Å²) in [6.07, 6.45) is 1.78. The van der Waals surface area contributed by atoms with E-state index in [2.05, 4.69) is 40.1 Å². The van der Waals surface area contributed by atoms with E-state index in [1.165, 1.54) is 12.1 Å². The van der Waals surface area contributed by atoms with E-state index >= 15 is 0 Å². The van der Waals surface area contributed by atoms with Crippen LogP contribution in [0.25, 0.3) is 0 Å².